The lowest BCUT2D eigenvalue weighted by Gasteiger charge is -2.27. The molecular formula is C12H15BrN2O2. The number of rotatable bonds is 2. The van der Waals surface area contributed by atoms with E-state index in [1.54, 1.807) is 0 Å². The van der Waals surface area contributed by atoms with Crippen molar-refractivity contribution in [3.8, 4) is 0 Å². The molecule has 1 amide bonds. The Morgan fingerprint density at radius 2 is 2.06 bits per heavy atom. The molecule has 2 unspecified atom stereocenters. The van der Waals surface area contributed by atoms with Crippen LogP contribution in [0.15, 0.2) is 28.7 Å². The number of likely N-dealkylation sites (tertiary alicyclic amines) is 1. The molecule has 17 heavy (non-hydrogen) atoms. The van der Waals surface area contributed by atoms with E-state index in [4.69, 9.17) is 5.73 Å². The zero-order chi connectivity index (χ0) is 12.4. The number of halogens is 1. The van der Waals surface area contributed by atoms with Crippen LogP contribution in [-0.4, -0.2) is 28.7 Å². The highest BCUT2D eigenvalue weighted by atomic mass is 79.9. The molecule has 3 N–H and O–H groups in total. The molecule has 5 heteroatoms. The van der Waals surface area contributed by atoms with Crippen molar-refractivity contribution < 1.29 is 9.90 Å². The Morgan fingerprint density at radius 3 is 2.59 bits per heavy atom. The maximum atomic E-state index is 11.3. The lowest BCUT2D eigenvalue weighted by atomic mass is 10.1. The van der Waals surface area contributed by atoms with Crippen LogP contribution in [0.25, 0.3) is 0 Å². The molecule has 2 rings (SSSR count). The largest absolute Gasteiger partial charge is 0.465 e. The van der Waals surface area contributed by atoms with E-state index in [2.05, 4.69) is 15.9 Å². The molecule has 0 bridgehead atoms. The third-order valence-corrected chi connectivity index (χ3v) is 3.78. The molecule has 1 fully saturated rings. The molecule has 1 aromatic rings. The standard InChI is InChI=1S/C12H15BrN2O2/c13-9-3-1-8(2-4-9)11-6-5-10(7-14)15(11)12(16)17/h1-4,10-11H,5-7,14H2,(H,16,17). The fourth-order valence-corrected chi connectivity index (χ4v) is 2.68. The summed E-state index contributed by atoms with van der Waals surface area (Å²) in [6.07, 6.45) is 0.796. The molecule has 0 spiro atoms. The predicted octanol–water partition coefficient (Wildman–Crippen LogP) is 2.59. The minimum Gasteiger partial charge on any atom is -0.465 e. The van der Waals surface area contributed by atoms with Crippen LogP contribution in [0.5, 0.6) is 0 Å². The summed E-state index contributed by atoms with van der Waals surface area (Å²) >= 11 is 3.37. The summed E-state index contributed by atoms with van der Waals surface area (Å²) in [5.74, 6) is 0. The van der Waals surface area contributed by atoms with Crippen molar-refractivity contribution in [3.05, 3.63) is 34.3 Å². The van der Waals surface area contributed by atoms with E-state index >= 15 is 0 Å². The van der Waals surface area contributed by atoms with Gasteiger partial charge in [0.1, 0.15) is 0 Å². The molecule has 1 saturated heterocycles. The second kappa shape index (κ2) is 5.06. The second-order valence-corrected chi connectivity index (χ2v) is 5.14. The maximum Gasteiger partial charge on any atom is 0.408 e. The lowest BCUT2D eigenvalue weighted by molar-refractivity contribution is 0.123. The van der Waals surface area contributed by atoms with E-state index < -0.39 is 6.09 Å². The highest BCUT2D eigenvalue weighted by Crippen LogP contribution is 2.36. The average Bonchev–Trinajstić information content (AvgIpc) is 2.73. The Kier molecular flexibility index (Phi) is 3.69. The predicted molar refractivity (Wildman–Crippen MR) is 68.8 cm³/mol. The van der Waals surface area contributed by atoms with Crippen LogP contribution in [0, 0.1) is 0 Å². The van der Waals surface area contributed by atoms with E-state index in [1.807, 2.05) is 24.3 Å². The Balaban J connectivity index is 2.26. The summed E-state index contributed by atoms with van der Waals surface area (Å²) in [6, 6.07) is 7.68. The zero-order valence-corrected chi connectivity index (χ0v) is 10.9. The van der Waals surface area contributed by atoms with E-state index in [0.29, 0.717) is 6.54 Å². The Bertz CT molecular complexity index is 407. The lowest BCUT2D eigenvalue weighted by Crippen LogP contribution is -2.40. The van der Waals surface area contributed by atoms with Crippen LogP contribution < -0.4 is 5.73 Å². The van der Waals surface area contributed by atoms with Crippen LogP contribution in [0.4, 0.5) is 4.79 Å². The van der Waals surface area contributed by atoms with Gasteiger partial charge in [0.25, 0.3) is 0 Å². The van der Waals surface area contributed by atoms with Gasteiger partial charge in [0.05, 0.1) is 6.04 Å². The van der Waals surface area contributed by atoms with Gasteiger partial charge < -0.3 is 10.8 Å². The molecule has 1 heterocycles. The summed E-state index contributed by atoms with van der Waals surface area (Å²) in [7, 11) is 0. The third-order valence-electron chi connectivity index (χ3n) is 3.25. The zero-order valence-electron chi connectivity index (χ0n) is 9.34. The van der Waals surface area contributed by atoms with Gasteiger partial charge in [-0.2, -0.15) is 0 Å². The summed E-state index contributed by atoms with van der Waals surface area (Å²) in [6.45, 7) is 0.388. The molecule has 1 aliphatic rings. The summed E-state index contributed by atoms with van der Waals surface area (Å²) < 4.78 is 0.997. The van der Waals surface area contributed by atoms with Crippen LogP contribution >= 0.6 is 15.9 Å². The molecule has 0 radical (unpaired) electrons. The van der Waals surface area contributed by atoms with E-state index in [9.17, 15) is 9.90 Å². The first-order valence-corrected chi connectivity index (χ1v) is 6.39. The van der Waals surface area contributed by atoms with Crippen LogP contribution in [0.1, 0.15) is 24.4 Å². The fraction of sp³-hybridized carbons (Fsp3) is 0.417. The van der Waals surface area contributed by atoms with Crippen molar-refractivity contribution in [2.75, 3.05) is 6.54 Å². The minimum atomic E-state index is -0.883. The molecule has 4 nitrogen and oxygen atoms in total. The molecular weight excluding hydrogens is 284 g/mol. The normalized spacial score (nSPS) is 24.0. The molecule has 0 aromatic heterocycles. The van der Waals surface area contributed by atoms with Crippen LogP contribution in [0.2, 0.25) is 0 Å². The highest BCUT2D eigenvalue weighted by molar-refractivity contribution is 9.10. The topological polar surface area (TPSA) is 66.6 Å². The van der Waals surface area contributed by atoms with Gasteiger partial charge in [0.15, 0.2) is 0 Å². The molecule has 1 aromatic carbocycles. The van der Waals surface area contributed by atoms with Crippen molar-refractivity contribution in [1.82, 2.24) is 4.90 Å². The van der Waals surface area contributed by atoms with Gasteiger partial charge in [-0.25, -0.2) is 4.79 Å². The van der Waals surface area contributed by atoms with Gasteiger partial charge >= 0.3 is 6.09 Å². The molecule has 92 valence electrons. The third kappa shape index (κ3) is 2.45. The molecule has 2 atom stereocenters. The van der Waals surface area contributed by atoms with Crippen molar-refractivity contribution in [2.24, 2.45) is 5.73 Å². The van der Waals surface area contributed by atoms with E-state index in [0.717, 1.165) is 22.9 Å². The number of nitrogens with two attached hydrogens (primary N) is 1. The van der Waals surface area contributed by atoms with Crippen molar-refractivity contribution in [1.29, 1.82) is 0 Å². The van der Waals surface area contributed by atoms with E-state index in [-0.39, 0.29) is 12.1 Å². The minimum absolute atomic E-state index is 0.0545. The van der Waals surface area contributed by atoms with Gasteiger partial charge in [-0.1, -0.05) is 28.1 Å². The molecule has 1 aliphatic heterocycles. The Hall–Kier alpha value is -1.07. The van der Waals surface area contributed by atoms with Crippen molar-refractivity contribution >= 4 is 22.0 Å². The maximum absolute atomic E-state index is 11.3. The number of carbonyl (C=O) groups is 1. The summed E-state index contributed by atoms with van der Waals surface area (Å²) in [5, 5.41) is 9.26. The van der Waals surface area contributed by atoms with Gasteiger partial charge in [-0.05, 0) is 30.5 Å². The first-order chi connectivity index (χ1) is 8.13. The number of nitrogens with zero attached hydrogens (tertiary/aromatic N) is 1. The van der Waals surface area contributed by atoms with Crippen LogP contribution in [-0.2, 0) is 0 Å². The quantitative estimate of drug-likeness (QED) is 0.882. The van der Waals surface area contributed by atoms with Gasteiger partial charge in [0.2, 0.25) is 0 Å². The molecule has 0 aliphatic carbocycles. The van der Waals surface area contributed by atoms with Gasteiger partial charge in [-0.15, -0.1) is 0 Å². The monoisotopic (exact) mass is 298 g/mol. The Labute approximate surface area is 109 Å². The number of amides is 1. The fourth-order valence-electron chi connectivity index (χ4n) is 2.42. The van der Waals surface area contributed by atoms with Gasteiger partial charge in [-0.3, -0.25) is 4.90 Å². The first-order valence-electron chi connectivity index (χ1n) is 5.60. The van der Waals surface area contributed by atoms with Crippen molar-refractivity contribution in [3.63, 3.8) is 0 Å². The smallest absolute Gasteiger partial charge is 0.408 e. The SMILES string of the molecule is NCC1CCC(c2ccc(Br)cc2)N1C(=O)O. The second-order valence-electron chi connectivity index (χ2n) is 4.22. The number of hydrogen-bond acceptors (Lipinski definition) is 2. The number of benzene rings is 1. The molecule has 0 saturated carbocycles. The average molecular weight is 299 g/mol. The summed E-state index contributed by atoms with van der Waals surface area (Å²) in [4.78, 5) is 12.8. The first kappa shape index (κ1) is 12.4. The van der Waals surface area contributed by atoms with Gasteiger partial charge in [0, 0.05) is 17.1 Å². The number of carboxylic acid groups (broad SMARTS) is 1. The summed E-state index contributed by atoms with van der Waals surface area (Å²) in [5.41, 5.74) is 6.65. The Morgan fingerprint density at radius 1 is 1.41 bits per heavy atom. The van der Waals surface area contributed by atoms with Crippen LogP contribution in [0.3, 0.4) is 0 Å². The highest BCUT2D eigenvalue weighted by Gasteiger charge is 2.36. The number of hydrogen-bond donors (Lipinski definition) is 2. The van der Waals surface area contributed by atoms with Crippen molar-refractivity contribution in [2.45, 2.75) is 24.9 Å². The van der Waals surface area contributed by atoms with E-state index in [1.165, 1.54) is 4.90 Å².